The highest BCUT2D eigenvalue weighted by Gasteiger charge is 2.21. The van der Waals surface area contributed by atoms with Gasteiger partial charge in [-0.15, -0.1) is 0 Å². The summed E-state index contributed by atoms with van der Waals surface area (Å²) in [5.74, 6) is 0.491. The number of hydrogen-bond acceptors (Lipinski definition) is 6. The van der Waals surface area contributed by atoms with Gasteiger partial charge in [0.25, 0.3) is 0 Å². The van der Waals surface area contributed by atoms with E-state index in [4.69, 9.17) is 4.74 Å². The Morgan fingerprint density at radius 1 is 1.27 bits per heavy atom. The Balaban J connectivity index is 2.86. The van der Waals surface area contributed by atoms with Crippen molar-refractivity contribution in [2.45, 2.75) is 59.1 Å². The van der Waals surface area contributed by atoms with Crippen molar-refractivity contribution in [2.75, 3.05) is 24.7 Å². The van der Waals surface area contributed by atoms with Gasteiger partial charge in [-0.1, -0.05) is 17.8 Å². The quantitative estimate of drug-likeness (QED) is 0.501. The fourth-order valence-corrected chi connectivity index (χ4v) is 2.92. The highest BCUT2D eigenvalue weighted by Crippen LogP contribution is 2.21. The zero-order chi connectivity index (χ0) is 19.7. The largest absolute Gasteiger partial charge is 0.456 e. The van der Waals surface area contributed by atoms with Crippen molar-refractivity contribution in [1.29, 1.82) is 0 Å². The maximum Gasteiger partial charge on any atom is 0.339 e. The van der Waals surface area contributed by atoms with Crippen LogP contribution in [-0.4, -0.2) is 42.1 Å². The van der Waals surface area contributed by atoms with Gasteiger partial charge in [-0.2, -0.15) is 0 Å². The van der Waals surface area contributed by atoms with E-state index >= 15 is 0 Å². The van der Waals surface area contributed by atoms with Crippen molar-refractivity contribution in [3.8, 4) is 0 Å². The summed E-state index contributed by atoms with van der Waals surface area (Å²) in [5.41, 5.74) is 1.93. The van der Waals surface area contributed by atoms with E-state index in [-0.39, 0.29) is 17.1 Å². The molecule has 26 heavy (non-hydrogen) atoms. The number of rotatable bonds is 9. The molecule has 1 aromatic rings. The molecule has 0 aliphatic rings. The predicted molar refractivity (Wildman–Crippen MR) is 110 cm³/mol. The second-order valence-electron chi connectivity index (χ2n) is 7.39. The van der Waals surface area contributed by atoms with Gasteiger partial charge in [0.2, 0.25) is 0 Å². The minimum Gasteiger partial charge on any atom is -0.456 e. The zero-order valence-electron chi connectivity index (χ0n) is 16.8. The van der Waals surface area contributed by atoms with E-state index in [0.717, 1.165) is 36.4 Å². The van der Waals surface area contributed by atoms with E-state index in [1.54, 1.807) is 6.92 Å². The van der Waals surface area contributed by atoms with E-state index in [1.165, 1.54) is 11.8 Å². The fourth-order valence-electron chi connectivity index (χ4n) is 2.34. The van der Waals surface area contributed by atoms with Crippen molar-refractivity contribution in [3.63, 3.8) is 0 Å². The molecule has 0 heterocycles. The van der Waals surface area contributed by atoms with Gasteiger partial charge in [0.15, 0.2) is 5.12 Å². The molecule has 5 nitrogen and oxygen atoms in total. The molecule has 2 N–H and O–H groups in total. The third-order valence-electron chi connectivity index (χ3n) is 3.70. The average Bonchev–Trinajstić information content (AvgIpc) is 2.53. The van der Waals surface area contributed by atoms with Gasteiger partial charge in [-0.25, -0.2) is 4.79 Å². The summed E-state index contributed by atoms with van der Waals surface area (Å²) in [7, 11) is 1.91. The Morgan fingerprint density at radius 2 is 1.96 bits per heavy atom. The number of hydrogen-bond donors (Lipinski definition) is 2. The predicted octanol–water partition coefficient (Wildman–Crippen LogP) is 3.87. The van der Waals surface area contributed by atoms with Crippen LogP contribution in [0.25, 0.3) is 0 Å². The van der Waals surface area contributed by atoms with Crippen LogP contribution < -0.4 is 10.6 Å². The maximum atomic E-state index is 12.6. The summed E-state index contributed by atoms with van der Waals surface area (Å²) < 4.78 is 5.58. The molecule has 0 bridgehead atoms. The van der Waals surface area contributed by atoms with Crippen LogP contribution in [0.3, 0.4) is 0 Å². The highest BCUT2D eigenvalue weighted by molar-refractivity contribution is 8.13. The molecule has 0 saturated heterocycles. The van der Waals surface area contributed by atoms with Crippen LogP contribution in [0.5, 0.6) is 0 Å². The molecule has 0 fully saturated rings. The number of carbonyl (C=O) groups is 2. The molecule has 0 amide bonds. The van der Waals surface area contributed by atoms with Crippen molar-refractivity contribution < 1.29 is 14.3 Å². The van der Waals surface area contributed by atoms with Crippen molar-refractivity contribution in [3.05, 3.63) is 29.3 Å². The lowest BCUT2D eigenvalue weighted by Gasteiger charge is -2.22. The second kappa shape index (κ2) is 10.6. The molecule has 1 rings (SSSR count). The monoisotopic (exact) mass is 380 g/mol. The topological polar surface area (TPSA) is 67.4 Å². The number of thioether (sulfide) groups is 1. The van der Waals surface area contributed by atoms with Gasteiger partial charge < -0.3 is 15.4 Å². The number of benzene rings is 1. The molecule has 0 saturated carbocycles. The Bertz CT molecular complexity index is 612. The Morgan fingerprint density at radius 3 is 2.54 bits per heavy atom. The molecule has 0 radical (unpaired) electrons. The minimum absolute atomic E-state index is 0.139. The van der Waals surface area contributed by atoms with Crippen molar-refractivity contribution in [1.82, 2.24) is 5.32 Å². The first-order chi connectivity index (χ1) is 12.1. The van der Waals surface area contributed by atoms with Crippen LogP contribution in [0.1, 0.15) is 57.0 Å². The summed E-state index contributed by atoms with van der Waals surface area (Å²) in [4.78, 5) is 23.6. The summed E-state index contributed by atoms with van der Waals surface area (Å²) in [6, 6.07) is 6.10. The summed E-state index contributed by atoms with van der Waals surface area (Å²) >= 11 is 1.33. The van der Waals surface area contributed by atoms with Crippen LogP contribution in [-0.2, 0) is 16.0 Å². The van der Waals surface area contributed by atoms with Crippen LogP contribution in [0.15, 0.2) is 18.2 Å². The molecule has 0 aromatic heterocycles. The first-order valence-corrected chi connectivity index (χ1v) is 10.0. The summed E-state index contributed by atoms with van der Waals surface area (Å²) in [6.45, 7) is 10.0. The van der Waals surface area contributed by atoms with Gasteiger partial charge >= 0.3 is 5.97 Å². The van der Waals surface area contributed by atoms with E-state index < -0.39 is 5.60 Å². The Kier molecular flexibility index (Phi) is 9.16. The molecule has 6 heteroatoms. The number of nitrogens with one attached hydrogen (secondary N) is 2. The van der Waals surface area contributed by atoms with Crippen LogP contribution >= 0.6 is 11.8 Å². The molecule has 0 aliphatic heterocycles. The lowest BCUT2D eigenvalue weighted by atomic mass is 10.00. The van der Waals surface area contributed by atoms with Gasteiger partial charge in [-0.05, 0) is 65.3 Å². The summed E-state index contributed by atoms with van der Waals surface area (Å²) in [6.07, 6.45) is 1.63. The molecule has 1 unspecified atom stereocenters. The van der Waals surface area contributed by atoms with Crippen LogP contribution in [0, 0.1) is 0 Å². The average molecular weight is 381 g/mol. The number of likely N-dealkylation sites (N-methyl/N-ethyl adjacent to an activating group) is 1. The smallest absolute Gasteiger partial charge is 0.339 e. The zero-order valence-corrected chi connectivity index (χ0v) is 17.6. The standard InChI is InChI=1S/C20H32N2O3S/c1-14(21-6)12-16-8-9-17(22-10-7-11-26-15(2)23)13-18(16)19(24)25-20(3,4)5/h8-9,13-14,21-22H,7,10-12H2,1-6H3. The normalized spacial score (nSPS) is 12.5. The lowest BCUT2D eigenvalue weighted by Crippen LogP contribution is -2.27. The SMILES string of the molecule is CNC(C)Cc1ccc(NCCCSC(C)=O)cc1C(=O)OC(C)(C)C. The third-order valence-corrected chi connectivity index (χ3v) is 4.60. The van der Waals surface area contributed by atoms with Gasteiger partial charge in [0.05, 0.1) is 5.56 Å². The van der Waals surface area contributed by atoms with Gasteiger partial charge in [-0.3, -0.25) is 4.79 Å². The van der Waals surface area contributed by atoms with Crippen molar-refractivity contribution >= 4 is 28.5 Å². The van der Waals surface area contributed by atoms with E-state index in [1.807, 2.05) is 46.0 Å². The number of carbonyl (C=O) groups excluding carboxylic acids is 2. The first-order valence-electron chi connectivity index (χ1n) is 9.03. The molecule has 0 spiro atoms. The van der Waals surface area contributed by atoms with E-state index in [0.29, 0.717) is 5.56 Å². The Labute approximate surface area is 161 Å². The van der Waals surface area contributed by atoms with Crippen molar-refractivity contribution in [2.24, 2.45) is 0 Å². The molecule has 146 valence electrons. The summed E-state index contributed by atoms with van der Waals surface area (Å²) in [5, 5.41) is 6.66. The molecular weight excluding hydrogens is 348 g/mol. The third kappa shape index (κ3) is 8.72. The highest BCUT2D eigenvalue weighted by atomic mass is 32.2. The van der Waals surface area contributed by atoms with Crippen LogP contribution in [0.2, 0.25) is 0 Å². The molecule has 1 atom stereocenters. The number of anilines is 1. The Hall–Kier alpha value is -1.53. The van der Waals surface area contributed by atoms with E-state index in [2.05, 4.69) is 17.6 Å². The lowest BCUT2D eigenvalue weighted by molar-refractivity contribution is -0.109. The molecular formula is C20H32N2O3S. The second-order valence-corrected chi connectivity index (χ2v) is 8.66. The first kappa shape index (κ1) is 22.5. The molecule has 1 aromatic carbocycles. The molecule has 0 aliphatic carbocycles. The fraction of sp³-hybridized carbons (Fsp3) is 0.600. The number of esters is 1. The minimum atomic E-state index is -0.531. The maximum absolute atomic E-state index is 12.6. The van der Waals surface area contributed by atoms with Gasteiger partial charge in [0.1, 0.15) is 5.60 Å². The van der Waals surface area contributed by atoms with E-state index in [9.17, 15) is 9.59 Å². The number of ether oxygens (including phenoxy) is 1. The van der Waals surface area contributed by atoms with Gasteiger partial charge in [0, 0.05) is 31.0 Å². The van der Waals surface area contributed by atoms with Crippen LogP contribution in [0.4, 0.5) is 5.69 Å².